The summed E-state index contributed by atoms with van der Waals surface area (Å²) < 4.78 is 0. The first-order chi connectivity index (χ1) is 7.09. The van der Waals surface area contributed by atoms with E-state index >= 15 is 0 Å². The Morgan fingerprint density at radius 2 is 1.87 bits per heavy atom. The van der Waals surface area contributed by atoms with Crippen molar-refractivity contribution in [1.82, 2.24) is 0 Å². The molecule has 0 amide bonds. The molecular formula is C12H20O3. The van der Waals surface area contributed by atoms with Crippen LogP contribution in [0.5, 0.6) is 0 Å². The van der Waals surface area contributed by atoms with Crippen LogP contribution in [-0.2, 0) is 9.59 Å². The van der Waals surface area contributed by atoms with Crippen molar-refractivity contribution in [2.24, 2.45) is 11.8 Å². The quantitative estimate of drug-likeness (QED) is 0.762. The minimum atomic E-state index is -0.875. The second-order valence-corrected chi connectivity index (χ2v) is 4.67. The lowest BCUT2D eigenvalue weighted by molar-refractivity contribution is -0.140. The van der Waals surface area contributed by atoms with Crippen molar-refractivity contribution in [3.05, 3.63) is 0 Å². The summed E-state index contributed by atoms with van der Waals surface area (Å²) in [6.07, 6.45) is 6.60. The predicted molar refractivity (Wildman–Crippen MR) is 57.6 cm³/mol. The SMILES string of the molecule is CC(CC(=O)O)C(=O)CC1CCCCC1. The minimum absolute atomic E-state index is 0.0223. The van der Waals surface area contributed by atoms with E-state index in [4.69, 9.17) is 5.11 Å². The number of carbonyl (C=O) groups is 2. The van der Waals surface area contributed by atoms with E-state index in [1.807, 2.05) is 0 Å². The fraction of sp³-hybridized carbons (Fsp3) is 0.833. The average Bonchev–Trinajstić information content (AvgIpc) is 2.18. The Balaban J connectivity index is 2.30. The highest BCUT2D eigenvalue weighted by Crippen LogP contribution is 2.27. The summed E-state index contributed by atoms with van der Waals surface area (Å²) in [5.41, 5.74) is 0. The highest BCUT2D eigenvalue weighted by Gasteiger charge is 2.21. The first kappa shape index (κ1) is 12.2. The molecule has 0 heterocycles. The van der Waals surface area contributed by atoms with E-state index in [1.165, 1.54) is 19.3 Å². The molecule has 0 saturated heterocycles. The molecule has 1 rings (SSSR count). The molecule has 3 heteroatoms. The molecule has 1 fully saturated rings. The van der Waals surface area contributed by atoms with Crippen LogP contribution in [-0.4, -0.2) is 16.9 Å². The number of carbonyl (C=O) groups excluding carboxylic acids is 1. The minimum Gasteiger partial charge on any atom is -0.481 e. The van der Waals surface area contributed by atoms with Gasteiger partial charge in [0.1, 0.15) is 5.78 Å². The molecule has 86 valence electrons. The van der Waals surface area contributed by atoms with Crippen molar-refractivity contribution in [2.75, 3.05) is 0 Å². The van der Waals surface area contributed by atoms with E-state index in [0.29, 0.717) is 12.3 Å². The summed E-state index contributed by atoms with van der Waals surface area (Å²) in [5.74, 6) is -0.546. The highest BCUT2D eigenvalue weighted by atomic mass is 16.4. The number of rotatable bonds is 5. The van der Waals surface area contributed by atoms with Gasteiger partial charge in [0, 0.05) is 12.3 Å². The Bertz CT molecular complexity index is 229. The van der Waals surface area contributed by atoms with Gasteiger partial charge in [0.25, 0.3) is 0 Å². The molecule has 0 aliphatic heterocycles. The summed E-state index contributed by atoms with van der Waals surface area (Å²) in [6, 6.07) is 0. The topological polar surface area (TPSA) is 54.4 Å². The number of Topliss-reactive ketones (excluding diaryl/α,β-unsaturated/α-hetero) is 1. The van der Waals surface area contributed by atoms with Gasteiger partial charge in [-0.05, 0) is 5.92 Å². The van der Waals surface area contributed by atoms with Crippen molar-refractivity contribution in [1.29, 1.82) is 0 Å². The lowest BCUT2D eigenvalue weighted by atomic mass is 9.83. The molecule has 0 spiro atoms. The van der Waals surface area contributed by atoms with Gasteiger partial charge < -0.3 is 5.11 Å². The lowest BCUT2D eigenvalue weighted by Crippen LogP contribution is -2.19. The maximum absolute atomic E-state index is 11.7. The van der Waals surface area contributed by atoms with E-state index < -0.39 is 5.97 Å². The van der Waals surface area contributed by atoms with Gasteiger partial charge in [-0.15, -0.1) is 0 Å². The zero-order valence-corrected chi connectivity index (χ0v) is 9.37. The molecular weight excluding hydrogens is 192 g/mol. The van der Waals surface area contributed by atoms with E-state index in [-0.39, 0.29) is 18.1 Å². The van der Waals surface area contributed by atoms with E-state index in [0.717, 1.165) is 12.8 Å². The lowest BCUT2D eigenvalue weighted by Gasteiger charge is -2.21. The van der Waals surface area contributed by atoms with Gasteiger partial charge in [-0.1, -0.05) is 39.0 Å². The maximum atomic E-state index is 11.7. The largest absolute Gasteiger partial charge is 0.481 e. The van der Waals surface area contributed by atoms with Crippen LogP contribution in [0.3, 0.4) is 0 Å². The van der Waals surface area contributed by atoms with Gasteiger partial charge in [0.05, 0.1) is 6.42 Å². The second-order valence-electron chi connectivity index (χ2n) is 4.67. The molecule has 3 nitrogen and oxygen atoms in total. The Morgan fingerprint density at radius 1 is 1.27 bits per heavy atom. The number of hydrogen-bond donors (Lipinski definition) is 1. The normalized spacial score (nSPS) is 19.8. The summed E-state index contributed by atoms with van der Waals surface area (Å²) >= 11 is 0. The molecule has 0 aromatic heterocycles. The first-order valence-corrected chi connectivity index (χ1v) is 5.84. The van der Waals surface area contributed by atoms with Crippen LogP contribution in [0, 0.1) is 11.8 Å². The average molecular weight is 212 g/mol. The molecule has 0 bridgehead atoms. The Morgan fingerprint density at radius 3 is 2.40 bits per heavy atom. The van der Waals surface area contributed by atoms with Crippen LogP contribution in [0.15, 0.2) is 0 Å². The van der Waals surface area contributed by atoms with Crippen LogP contribution in [0.4, 0.5) is 0 Å². The van der Waals surface area contributed by atoms with Crippen LogP contribution in [0.2, 0.25) is 0 Å². The van der Waals surface area contributed by atoms with Gasteiger partial charge >= 0.3 is 5.97 Å². The molecule has 0 radical (unpaired) electrons. The summed E-state index contributed by atoms with van der Waals surface area (Å²) in [4.78, 5) is 22.1. The number of carboxylic acid groups (broad SMARTS) is 1. The van der Waals surface area contributed by atoms with Gasteiger partial charge in [-0.2, -0.15) is 0 Å². The summed E-state index contributed by atoms with van der Waals surface area (Å²) in [6.45, 7) is 1.72. The number of carboxylic acids is 1. The molecule has 1 saturated carbocycles. The third-order valence-electron chi connectivity index (χ3n) is 3.25. The third kappa shape index (κ3) is 4.45. The van der Waals surface area contributed by atoms with Crippen molar-refractivity contribution >= 4 is 11.8 Å². The monoisotopic (exact) mass is 212 g/mol. The molecule has 1 N–H and O–H groups in total. The number of hydrogen-bond acceptors (Lipinski definition) is 2. The van der Waals surface area contributed by atoms with E-state index in [2.05, 4.69) is 0 Å². The fourth-order valence-electron chi connectivity index (χ4n) is 2.25. The van der Waals surface area contributed by atoms with Crippen LogP contribution >= 0.6 is 0 Å². The third-order valence-corrected chi connectivity index (χ3v) is 3.25. The van der Waals surface area contributed by atoms with Crippen molar-refractivity contribution in [2.45, 2.75) is 51.9 Å². The second kappa shape index (κ2) is 5.89. The Labute approximate surface area is 90.9 Å². The summed E-state index contributed by atoms with van der Waals surface area (Å²) in [7, 11) is 0. The van der Waals surface area contributed by atoms with Gasteiger partial charge in [-0.3, -0.25) is 9.59 Å². The van der Waals surface area contributed by atoms with Crippen LogP contribution < -0.4 is 0 Å². The van der Waals surface area contributed by atoms with Gasteiger partial charge in [0.2, 0.25) is 0 Å². The summed E-state index contributed by atoms with van der Waals surface area (Å²) in [5, 5.41) is 8.59. The number of aliphatic carboxylic acids is 1. The molecule has 15 heavy (non-hydrogen) atoms. The molecule has 1 aliphatic carbocycles. The van der Waals surface area contributed by atoms with Crippen molar-refractivity contribution in [3.63, 3.8) is 0 Å². The standard InChI is InChI=1S/C12H20O3/c1-9(7-12(14)15)11(13)8-10-5-3-2-4-6-10/h9-10H,2-8H2,1H3,(H,14,15). The van der Waals surface area contributed by atoms with E-state index in [1.54, 1.807) is 6.92 Å². The van der Waals surface area contributed by atoms with Gasteiger partial charge in [-0.25, -0.2) is 0 Å². The van der Waals surface area contributed by atoms with Crippen molar-refractivity contribution < 1.29 is 14.7 Å². The molecule has 1 unspecified atom stereocenters. The zero-order valence-electron chi connectivity index (χ0n) is 9.37. The first-order valence-electron chi connectivity index (χ1n) is 5.84. The predicted octanol–water partition coefficient (Wildman–Crippen LogP) is 2.64. The molecule has 1 atom stereocenters. The van der Waals surface area contributed by atoms with E-state index in [9.17, 15) is 9.59 Å². The molecule has 1 aliphatic rings. The molecule has 0 aromatic rings. The highest BCUT2D eigenvalue weighted by molar-refractivity contribution is 5.84. The smallest absolute Gasteiger partial charge is 0.304 e. The number of ketones is 1. The Hall–Kier alpha value is -0.860. The molecule has 0 aromatic carbocycles. The Kier molecular flexibility index (Phi) is 4.79. The van der Waals surface area contributed by atoms with Gasteiger partial charge in [0.15, 0.2) is 0 Å². The van der Waals surface area contributed by atoms with Crippen molar-refractivity contribution in [3.8, 4) is 0 Å². The zero-order chi connectivity index (χ0) is 11.3. The maximum Gasteiger partial charge on any atom is 0.304 e. The fourth-order valence-corrected chi connectivity index (χ4v) is 2.25. The van der Waals surface area contributed by atoms with Crippen LogP contribution in [0.25, 0.3) is 0 Å². The van der Waals surface area contributed by atoms with Crippen LogP contribution in [0.1, 0.15) is 51.9 Å².